The number of thioether (sulfide) groups is 1. The van der Waals surface area contributed by atoms with Crippen LogP contribution in [0.25, 0.3) is 0 Å². The second kappa shape index (κ2) is 7.03. The molecule has 1 aromatic rings. The Morgan fingerprint density at radius 2 is 2.05 bits per heavy atom. The number of halogens is 1. The van der Waals surface area contributed by atoms with E-state index in [1.807, 2.05) is 24.3 Å². The van der Waals surface area contributed by atoms with E-state index in [9.17, 15) is 13.2 Å². The summed E-state index contributed by atoms with van der Waals surface area (Å²) in [5, 5.41) is 0.696. The highest BCUT2D eigenvalue weighted by molar-refractivity contribution is 7.99. The molecule has 0 unspecified atom stereocenters. The highest BCUT2D eigenvalue weighted by Crippen LogP contribution is 2.19. The zero-order valence-electron chi connectivity index (χ0n) is 11.8. The molecule has 0 aliphatic carbocycles. The molecule has 1 aliphatic heterocycles. The molecule has 1 amide bonds. The van der Waals surface area contributed by atoms with Gasteiger partial charge in [-0.05, 0) is 24.1 Å². The Hall–Kier alpha value is -0.720. The van der Waals surface area contributed by atoms with Gasteiger partial charge in [0.25, 0.3) is 0 Å². The fraction of sp³-hybridized carbons (Fsp3) is 0.500. The van der Waals surface area contributed by atoms with Crippen LogP contribution in [0.5, 0.6) is 0 Å². The van der Waals surface area contributed by atoms with Gasteiger partial charge < -0.3 is 4.90 Å². The number of carbonyl (C=O) groups excluding carboxylic acids is 1. The largest absolute Gasteiger partial charge is 0.341 e. The molecule has 0 aromatic heterocycles. The third kappa shape index (κ3) is 4.90. The molecule has 0 N–H and O–H groups in total. The summed E-state index contributed by atoms with van der Waals surface area (Å²) in [6.07, 6.45) is 0.548. The summed E-state index contributed by atoms with van der Waals surface area (Å²) >= 11 is 7.34. The van der Waals surface area contributed by atoms with Gasteiger partial charge in [-0.15, -0.1) is 11.8 Å². The van der Waals surface area contributed by atoms with Crippen LogP contribution in [0.4, 0.5) is 0 Å². The summed E-state index contributed by atoms with van der Waals surface area (Å²) in [6, 6.07) is 7.36. The van der Waals surface area contributed by atoms with Gasteiger partial charge in [-0.2, -0.15) is 0 Å². The monoisotopic (exact) mass is 347 g/mol. The molecule has 0 saturated carbocycles. The predicted octanol–water partition coefficient (Wildman–Crippen LogP) is 2.22. The topological polar surface area (TPSA) is 54.5 Å². The molecule has 1 fully saturated rings. The van der Waals surface area contributed by atoms with Crippen molar-refractivity contribution < 1.29 is 13.2 Å². The van der Waals surface area contributed by atoms with Gasteiger partial charge in [-0.1, -0.05) is 23.7 Å². The van der Waals surface area contributed by atoms with Crippen LogP contribution in [-0.2, 0) is 20.4 Å². The molecule has 1 atom stereocenters. The fourth-order valence-corrected chi connectivity index (χ4v) is 5.03. The molecule has 0 radical (unpaired) electrons. The van der Waals surface area contributed by atoms with Crippen molar-refractivity contribution in [2.45, 2.75) is 18.2 Å². The first-order chi connectivity index (χ1) is 9.87. The number of benzene rings is 1. The second-order valence-corrected chi connectivity index (χ2v) is 8.83. The summed E-state index contributed by atoms with van der Waals surface area (Å²) in [6.45, 7) is 0. The molecule has 21 heavy (non-hydrogen) atoms. The maximum absolute atomic E-state index is 12.1. The van der Waals surface area contributed by atoms with Crippen molar-refractivity contribution in [3.05, 3.63) is 34.9 Å². The Kier molecular flexibility index (Phi) is 5.57. The normalized spacial score (nSPS) is 20.4. The van der Waals surface area contributed by atoms with Crippen molar-refractivity contribution in [3.63, 3.8) is 0 Å². The highest BCUT2D eigenvalue weighted by Gasteiger charge is 2.32. The Bertz CT molecular complexity index is 601. The maximum Gasteiger partial charge on any atom is 0.232 e. The average molecular weight is 348 g/mol. The summed E-state index contributed by atoms with van der Waals surface area (Å²) in [5.41, 5.74) is 1.11. The number of carbonyl (C=O) groups is 1. The van der Waals surface area contributed by atoms with E-state index >= 15 is 0 Å². The first kappa shape index (κ1) is 16.6. The lowest BCUT2D eigenvalue weighted by atomic mass is 10.2. The molecule has 7 heteroatoms. The molecular weight excluding hydrogens is 330 g/mol. The van der Waals surface area contributed by atoms with E-state index in [1.165, 1.54) is 11.8 Å². The minimum Gasteiger partial charge on any atom is -0.341 e. The van der Waals surface area contributed by atoms with Gasteiger partial charge in [0.2, 0.25) is 5.91 Å². The minimum atomic E-state index is -2.95. The van der Waals surface area contributed by atoms with E-state index in [-0.39, 0.29) is 23.5 Å². The van der Waals surface area contributed by atoms with Crippen molar-refractivity contribution in [1.29, 1.82) is 0 Å². The zero-order valence-corrected chi connectivity index (χ0v) is 14.2. The molecule has 4 nitrogen and oxygen atoms in total. The lowest BCUT2D eigenvalue weighted by Gasteiger charge is -2.23. The van der Waals surface area contributed by atoms with Gasteiger partial charge in [0.1, 0.15) is 0 Å². The van der Waals surface area contributed by atoms with E-state index in [4.69, 9.17) is 11.6 Å². The Labute approximate surface area is 134 Å². The smallest absolute Gasteiger partial charge is 0.232 e. The highest BCUT2D eigenvalue weighted by atomic mass is 35.5. The third-order valence-electron chi connectivity index (χ3n) is 3.56. The van der Waals surface area contributed by atoms with Gasteiger partial charge in [-0.25, -0.2) is 8.42 Å². The van der Waals surface area contributed by atoms with Crippen molar-refractivity contribution in [1.82, 2.24) is 4.90 Å². The van der Waals surface area contributed by atoms with Crippen molar-refractivity contribution >= 4 is 39.1 Å². The van der Waals surface area contributed by atoms with E-state index in [0.717, 1.165) is 11.3 Å². The SMILES string of the molecule is CN(C(=O)CSCc1ccc(Cl)cc1)[C@H]1CCS(=O)(=O)C1. The van der Waals surface area contributed by atoms with Crippen LogP contribution >= 0.6 is 23.4 Å². The summed E-state index contributed by atoms with van der Waals surface area (Å²) in [4.78, 5) is 13.7. The van der Waals surface area contributed by atoms with Crippen molar-refractivity contribution in [2.75, 3.05) is 24.3 Å². The Morgan fingerprint density at radius 3 is 2.62 bits per heavy atom. The lowest BCUT2D eigenvalue weighted by molar-refractivity contribution is -0.128. The van der Waals surface area contributed by atoms with Gasteiger partial charge in [-0.3, -0.25) is 4.79 Å². The van der Waals surface area contributed by atoms with Crippen molar-refractivity contribution in [3.8, 4) is 0 Å². The standard InChI is InChI=1S/C14H18ClNO3S2/c1-16(13-6-7-21(18,19)10-13)14(17)9-20-8-11-2-4-12(15)5-3-11/h2-5,13H,6-10H2,1H3/t13-/m0/s1. The average Bonchev–Trinajstić information content (AvgIpc) is 2.80. The van der Waals surface area contributed by atoms with Crippen LogP contribution < -0.4 is 0 Å². The first-order valence-corrected chi connectivity index (χ1v) is 10.0. The molecule has 0 bridgehead atoms. The quantitative estimate of drug-likeness (QED) is 0.819. The number of sulfone groups is 1. The lowest BCUT2D eigenvalue weighted by Crippen LogP contribution is -2.38. The van der Waals surface area contributed by atoms with Crippen LogP contribution in [0, 0.1) is 0 Å². The van der Waals surface area contributed by atoms with Crippen LogP contribution in [0.15, 0.2) is 24.3 Å². The molecule has 1 heterocycles. The van der Waals surface area contributed by atoms with Crippen molar-refractivity contribution in [2.24, 2.45) is 0 Å². The van der Waals surface area contributed by atoms with E-state index in [2.05, 4.69) is 0 Å². The second-order valence-electron chi connectivity index (χ2n) is 5.18. The first-order valence-electron chi connectivity index (χ1n) is 6.66. The third-order valence-corrected chi connectivity index (χ3v) is 6.55. The number of hydrogen-bond acceptors (Lipinski definition) is 4. The zero-order chi connectivity index (χ0) is 15.5. The van der Waals surface area contributed by atoms with Gasteiger partial charge in [0.15, 0.2) is 9.84 Å². The van der Waals surface area contributed by atoms with Crippen LogP contribution in [0.2, 0.25) is 5.02 Å². The Balaban J connectivity index is 1.78. The van der Waals surface area contributed by atoms with E-state index < -0.39 is 9.84 Å². The summed E-state index contributed by atoms with van der Waals surface area (Å²) < 4.78 is 22.9. The van der Waals surface area contributed by atoms with Gasteiger partial charge in [0, 0.05) is 23.9 Å². The fourth-order valence-electron chi connectivity index (χ4n) is 2.22. The van der Waals surface area contributed by atoms with E-state index in [1.54, 1.807) is 11.9 Å². The molecule has 1 saturated heterocycles. The van der Waals surface area contributed by atoms with Gasteiger partial charge >= 0.3 is 0 Å². The predicted molar refractivity (Wildman–Crippen MR) is 87.4 cm³/mol. The number of hydrogen-bond donors (Lipinski definition) is 0. The van der Waals surface area contributed by atoms with Crippen LogP contribution in [-0.4, -0.2) is 49.6 Å². The summed E-state index contributed by atoms with van der Waals surface area (Å²) in [5.74, 6) is 1.36. The molecule has 2 rings (SSSR count). The summed E-state index contributed by atoms with van der Waals surface area (Å²) in [7, 11) is -1.26. The number of rotatable bonds is 5. The van der Waals surface area contributed by atoms with Gasteiger partial charge in [0.05, 0.1) is 17.3 Å². The molecule has 0 spiro atoms. The molecular formula is C14H18ClNO3S2. The molecule has 116 valence electrons. The molecule has 1 aromatic carbocycles. The van der Waals surface area contributed by atoms with E-state index in [0.29, 0.717) is 17.2 Å². The minimum absolute atomic E-state index is 0.0175. The maximum atomic E-state index is 12.1. The number of nitrogens with zero attached hydrogens (tertiary/aromatic N) is 1. The molecule has 1 aliphatic rings. The van der Waals surface area contributed by atoms with Crippen LogP contribution in [0.1, 0.15) is 12.0 Å². The number of amides is 1. The Morgan fingerprint density at radius 1 is 1.38 bits per heavy atom. The van der Waals surface area contributed by atoms with Crippen LogP contribution in [0.3, 0.4) is 0 Å².